The number of fused-ring (bicyclic) bond motifs is 2. The summed E-state index contributed by atoms with van der Waals surface area (Å²) in [4.78, 5) is 0. The summed E-state index contributed by atoms with van der Waals surface area (Å²) >= 11 is 0. The van der Waals surface area contributed by atoms with E-state index in [0.29, 0.717) is 18.4 Å². The summed E-state index contributed by atoms with van der Waals surface area (Å²) in [5.41, 5.74) is 13.3. The fourth-order valence-corrected chi connectivity index (χ4v) is 9.35. The Labute approximate surface area is 389 Å². The zero-order valence-electron chi connectivity index (χ0n) is 39.1. The maximum absolute atomic E-state index is 6.67. The molecule has 0 heterocycles. The molecule has 0 saturated heterocycles. The second kappa shape index (κ2) is 22.6. The quantitative estimate of drug-likeness (QED) is 0.0530. The van der Waals surface area contributed by atoms with Gasteiger partial charge in [-0.25, -0.2) is 0 Å². The van der Waals surface area contributed by atoms with Crippen LogP contribution in [0, 0.1) is 11.8 Å². The van der Waals surface area contributed by atoms with Crippen LogP contribution in [0.4, 0.5) is 0 Å². The van der Waals surface area contributed by atoms with Crippen molar-refractivity contribution < 1.29 is 9.47 Å². The Balaban J connectivity index is 1.19. The first-order valence-corrected chi connectivity index (χ1v) is 24.4. The third kappa shape index (κ3) is 11.2. The molecule has 2 nitrogen and oxygen atoms in total. The van der Waals surface area contributed by atoms with Crippen molar-refractivity contribution in [2.45, 2.75) is 85.7 Å². The smallest absolute Gasteiger partial charge is 0.119 e. The van der Waals surface area contributed by atoms with Gasteiger partial charge in [-0.1, -0.05) is 224 Å². The standard InChI is InChI=1S/C63H66O2/c1-5-9-20-46(7-3)43-64-44-49-30-38-57-60(41-49)62(54-26-18-13-19-27-54)58-39-37-56(65-45-47(8-4)21-10-6-2)42-61(58)63(57)55-35-33-51(34-36-55)50-31-28-48(29-32-50)40-59(52-22-14-11-15-23-52)53-24-16-12-17-25-53/h11-19,22-42,46-47H,5-10,20-21,43-45H2,1-4H3. The zero-order chi connectivity index (χ0) is 44.8. The van der Waals surface area contributed by atoms with Crippen molar-refractivity contribution in [2.24, 2.45) is 11.8 Å². The Morgan fingerprint density at radius 1 is 0.462 bits per heavy atom. The molecule has 8 aromatic rings. The highest BCUT2D eigenvalue weighted by atomic mass is 16.5. The number of rotatable bonds is 21. The predicted molar refractivity (Wildman–Crippen MR) is 279 cm³/mol. The second-order valence-electron chi connectivity index (χ2n) is 17.9. The van der Waals surface area contributed by atoms with Crippen molar-refractivity contribution in [3.05, 3.63) is 198 Å². The average Bonchev–Trinajstić information content (AvgIpc) is 3.37. The monoisotopic (exact) mass is 855 g/mol. The first-order chi connectivity index (χ1) is 32.1. The van der Waals surface area contributed by atoms with Crippen molar-refractivity contribution >= 4 is 33.2 Å². The van der Waals surface area contributed by atoms with E-state index in [4.69, 9.17) is 9.47 Å². The molecule has 0 aliphatic carbocycles. The van der Waals surface area contributed by atoms with E-state index < -0.39 is 0 Å². The van der Waals surface area contributed by atoms with Crippen molar-refractivity contribution in [1.29, 1.82) is 0 Å². The molecule has 0 saturated carbocycles. The number of unbranched alkanes of at least 4 members (excludes halogenated alkanes) is 2. The molecule has 2 unspecified atom stereocenters. The van der Waals surface area contributed by atoms with E-state index in [2.05, 4.69) is 210 Å². The molecule has 8 aromatic carbocycles. The highest BCUT2D eigenvalue weighted by Gasteiger charge is 2.19. The van der Waals surface area contributed by atoms with Crippen LogP contribution in [-0.4, -0.2) is 13.2 Å². The molecular weight excluding hydrogens is 789 g/mol. The van der Waals surface area contributed by atoms with Gasteiger partial charge in [-0.15, -0.1) is 0 Å². The number of hydrogen-bond acceptors (Lipinski definition) is 2. The van der Waals surface area contributed by atoms with Gasteiger partial charge in [0.2, 0.25) is 0 Å². The lowest BCUT2D eigenvalue weighted by Crippen LogP contribution is -2.11. The largest absolute Gasteiger partial charge is 0.493 e. The molecule has 0 fully saturated rings. The van der Waals surface area contributed by atoms with Crippen LogP contribution in [0.2, 0.25) is 0 Å². The van der Waals surface area contributed by atoms with Gasteiger partial charge >= 0.3 is 0 Å². The van der Waals surface area contributed by atoms with Gasteiger partial charge in [0.05, 0.1) is 13.2 Å². The van der Waals surface area contributed by atoms with Crippen LogP contribution >= 0.6 is 0 Å². The molecular formula is C63H66O2. The van der Waals surface area contributed by atoms with Gasteiger partial charge in [0.25, 0.3) is 0 Å². The van der Waals surface area contributed by atoms with E-state index in [0.717, 1.165) is 31.8 Å². The van der Waals surface area contributed by atoms with E-state index in [1.165, 1.54) is 121 Å². The third-order valence-electron chi connectivity index (χ3n) is 13.3. The first-order valence-electron chi connectivity index (χ1n) is 24.4. The Bertz CT molecular complexity index is 2710. The van der Waals surface area contributed by atoms with Crippen LogP contribution in [0.5, 0.6) is 5.75 Å². The average molecular weight is 855 g/mol. The van der Waals surface area contributed by atoms with Crippen LogP contribution < -0.4 is 4.74 Å². The molecule has 0 bridgehead atoms. The Kier molecular flexibility index (Phi) is 15.8. The molecule has 0 amide bonds. The molecule has 0 aliphatic rings. The summed E-state index contributed by atoms with van der Waals surface area (Å²) in [5, 5.41) is 4.91. The summed E-state index contributed by atoms with van der Waals surface area (Å²) in [6.07, 6.45) is 11.9. The van der Waals surface area contributed by atoms with Crippen LogP contribution in [-0.2, 0) is 11.3 Å². The van der Waals surface area contributed by atoms with Gasteiger partial charge in [-0.05, 0) is 132 Å². The highest BCUT2D eigenvalue weighted by molar-refractivity contribution is 6.21. The Morgan fingerprint density at radius 3 is 1.52 bits per heavy atom. The Hall–Kier alpha value is -6.22. The van der Waals surface area contributed by atoms with Gasteiger partial charge in [-0.3, -0.25) is 0 Å². The van der Waals surface area contributed by atoms with Crippen molar-refractivity contribution in [1.82, 2.24) is 0 Å². The van der Waals surface area contributed by atoms with E-state index >= 15 is 0 Å². The Morgan fingerprint density at radius 2 is 0.954 bits per heavy atom. The lowest BCUT2D eigenvalue weighted by Gasteiger charge is -2.21. The van der Waals surface area contributed by atoms with Crippen LogP contribution in [0.3, 0.4) is 0 Å². The lowest BCUT2D eigenvalue weighted by atomic mass is 9.85. The molecule has 2 heteroatoms. The fraction of sp³-hybridized carbons (Fsp3) is 0.270. The van der Waals surface area contributed by atoms with Gasteiger partial charge < -0.3 is 9.47 Å². The number of hydrogen-bond donors (Lipinski definition) is 0. The molecule has 8 rings (SSSR count). The molecule has 0 radical (unpaired) electrons. The van der Waals surface area contributed by atoms with Crippen molar-refractivity contribution in [3.8, 4) is 39.1 Å². The minimum Gasteiger partial charge on any atom is -0.493 e. The summed E-state index contributed by atoms with van der Waals surface area (Å²) < 4.78 is 13.1. The molecule has 2 atom stereocenters. The molecule has 330 valence electrons. The zero-order valence-corrected chi connectivity index (χ0v) is 39.1. The first kappa shape index (κ1) is 45.4. The van der Waals surface area contributed by atoms with Crippen LogP contribution in [0.15, 0.2) is 176 Å². The van der Waals surface area contributed by atoms with Crippen molar-refractivity contribution in [3.63, 3.8) is 0 Å². The van der Waals surface area contributed by atoms with Crippen molar-refractivity contribution in [2.75, 3.05) is 13.2 Å². The highest BCUT2D eigenvalue weighted by Crippen LogP contribution is 2.45. The van der Waals surface area contributed by atoms with E-state index in [-0.39, 0.29) is 0 Å². The number of ether oxygens (including phenoxy) is 2. The summed E-state index contributed by atoms with van der Waals surface area (Å²) in [6, 6.07) is 64.2. The van der Waals surface area contributed by atoms with Gasteiger partial charge in [-0.2, -0.15) is 0 Å². The SMILES string of the molecule is CCCCC(CC)COCc1ccc2c(-c3ccc(-c4ccc(C=C(c5ccccc5)c5ccccc5)cc4)cc3)c3cc(OCC(CC)CCCC)ccc3c(-c3ccccc3)c2c1. The molecule has 0 aliphatic heterocycles. The lowest BCUT2D eigenvalue weighted by molar-refractivity contribution is 0.0820. The topological polar surface area (TPSA) is 18.5 Å². The molecule has 0 spiro atoms. The molecule has 65 heavy (non-hydrogen) atoms. The normalized spacial score (nSPS) is 12.3. The fourth-order valence-electron chi connectivity index (χ4n) is 9.35. The maximum atomic E-state index is 6.67. The summed E-state index contributed by atoms with van der Waals surface area (Å²) in [6.45, 7) is 11.3. The van der Waals surface area contributed by atoms with Gasteiger partial charge in [0.15, 0.2) is 0 Å². The molecule has 0 N–H and O–H groups in total. The van der Waals surface area contributed by atoms with Gasteiger partial charge in [0.1, 0.15) is 5.75 Å². The van der Waals surface area contributed by atoms with E-state index in [1.807, 2.05) is 0 Å². The predicted octanol–water partition coefficient (Wildman–Crippen LogP) is 17.9. The van der Waals surface area contributed by atoms with Crippen LogP contribution in [0.25, 0.3) is 66.6 Å². The minimum atomic E-state index is 0.550. The maximum Gasteiger partial charge on any atom is 0.119 e. The van der Waals surface area contributed by atoms with Crippen LogP contribution in [0.1, 0.15) is 101 Å². The third-order valence-corrected chi connectivity index (χ3v) is 13.3. The van der Waals surface area contributed by atoms with E-state index in [1.54, 1.807) is 0 Å². The second-order valence-corrected chi connectivity index (χ2v) is 17.9. The summed E-state index contributed by atoms with van der Waals surface area (Å²) in [7, 11) is 0. The molecule has 0 aromatic heterocycles. The number of benzene rings is 8. The summed E-state index contributed by atoms with van der Waals surface area (Å²) in [5.74, 6) is 2.08. The van der Waals surface area contributed by atoms with E-state index in [9.17, 15) is 0 Å². The van der Waals surface area contributed by atoms with Gasteiger partial charge in [0, 0.05) is 6.61 Å². The minimum absolute atomic E-state index is 0.550.